The molecule has 1 aromatic rings. The lowest BCUT2D eigenvalue weighted by Crippen LogP contribution is -2.54. The zero-order valence-corrected chi connectivity index (χ0v) is 16.8. The molecule has 1 heterocycles. The number of nitrogens with one attached hydrogen (secondary N) is 1. The Hall–Kier alpha value is -2.52. The van der Waals surface area contributed by atoms with Gasteiger partial charge in [-0.05, 0) is 49.8 Å². The predicted octanol–water partition coefficient (Wildman–Crippen LogP) is 1.25. The van der Waals surface area contributed by atoms with Crippen molar-refractivity contribution in [3.8, 4) is 0 Å². The molecule has 3 aliphatic rings. The average Bonchev–Trinajstić information content (AvgIpc) is 3.50. The maximum atomic E-state index is 14.7. The van der Waals surface area contributed by atoms with Gasteiger partial charge in [0.15, 0.2) is 6.04 Å². The number of benzene rings is 1. The summed E-state index contributed by atoms with van der Waals surface area (Å²) in [5.41, 5.74) is 5.93. The summed E-state index contributed by atoms with van der Waals surface area (Å²) >= 11 is 0. The number of morpholine rings is 1. The van der Waals surface area contributed by atoms with E-state index in [0.717, 1.165) is 25.7 Å². The maximum Gasteiger partial charge on any atom is 0.253 e. The molecule has 8 nitrogen and oxygen atoms in total. The minimum atomic E-state index is -1.13. The first kappa shape index (κ1) is 20.7. The van der Waals surface area contributed by atoms with Crippen LogP contribution in [0.15, 0.2) is 18.2 Å². The van der Waals surface area contributed by atoms with E-state index in [4.69, 9.17) is 10.5 Å². The summed E-state index contributed by atoms with van der Waals surface area (Å²) in [7, 11) is 0. The van der Waals surface area contributed by atoms with Crippen molar-refractivity contribution in [1.82, 2.24) is 4.90 Å². The third-order valence-corrected chi connectivity index (χ3v) is 6.07. The standard InChI is InChI=1S/C21H27FN4O4/c22-16-10-15(25-8-9-30-12-18(25)27)6-7-17(16)24-21(29)19(20(23)28)26(14-4-5-14)11-13-2-1-3-13/h6-7,10,13-14,19H,1-5,8-9,11-12H2,(H2,23,28)(H,24,29)/t19-/m0/s1. The second kappa shape index (κ2) is 8.69. The molecular weight excluding hydrogens is 391 g/mol. The third kappa shape index (κ3) is 4.46. The molecule has 1 atom stereocenters. The number of hydrogen-bond donors (Lipinski definition) is 2. The first-order valence-corrected chi connectivity index (χ1v) is 10.5. The summed E-state index contributed by atoms with van der Waals surface area (Å²) in [5, 5.41) is 2.52. The van der Waals surface area contributed by atoms with Crippen molar-refractivity contribution in [2.75, 3.05) is 36.5 Å². The van der Waals surface area contributed by atoms with Crippen molar-refractivity contribution in [2.45, 2.75) is 44.2 Å². The number of halogens is 1. The van der Waals surface area contributed by atoms with Crippen LogP contribution >= 0.6 is 0 Å². The molecule has 2 aliphatic carbocycles. The zero-order valence-electron chi connectivity index (χ0n) is 16.8. The van der Waals surface area contributed by atoms with E-state index in [-0.39, 0.29) is 24.2 Å². The second-order valence-corrected chi connectivity index (χ2v) is 8.28. The Labute approximate surface area is 174 Å². The lowest BCUT2D eigenvalue weighted by atomic mass is 9.84. The van der Waals surface area contributed by atoms with Crippen molar-refractivity contribution in [3.63, 3.8) is 0 Å². The molecule has 1 aromatic carbocycles. The normalized spacial score (nSPS) is 20.7. The molecule has 0 unspecified atom stereocenters. The average molecular weight is 418 g/mol. The van der Waals surface area contributed by atoms with Crippen molar-refractivity contribution in [2.24, 2.45) is 11.7 Å². The maximum absolute atomic E-state index is 14.7. The molecule has 9 heteroatoms. The molecule has 30 heavy (non-hydrogen) atoms. The fourth-order valence-corrected chi connectivity index (χ4v) is 4.05. The van der Waals surface area contributed by atoms with Gasteiger partial charge in [0, 0.05) is 24.8 Å². The fraction of sp³-hybridized carbons (Fsp3) is 0.571. The molecule has 3 fully saturated rings. The van der Waals surface area contributed by atoms with Gasteiger partial charge in [-0.15, -0.1) is 0 Å². The number of primary amides is 1. The van der Waals surface area contributed by atoms with Gasteiger partial charge in [0.1, 0.15) is 12.4 Å². The first-order valence-electron chi connectivity index (χ1n) is 10.5. The molecule has 0 radical (unpaired) electrons. The van der Waals surface area contributed by atoms with E-state index >= 15 is 0 Å². The molecule has 162 valence electrons. The minimum absolute atomic E-state index is 0.0433. The highest BCUT2D eigenvalue weighted by atomic mass is 19.1. The minimum Gasteiger partial charge on any atom is -0.370 e. The summed E-state index contributed by atoms with van der Waals surface area (Å²) in [6.07, 6.45) is 5.21. The smallest absolute Gasteiger partial charge is 0.253 e. The molecule has 0 aromatic heterocycles. The van der Waals surface area contributed by atoms with Gasteiger partial charge in [-0.2, -0.15) is 0 Å². The van der Waals surface area contributed by atoms with Gasteiger partial charge in [-0.25, -0.2) is 4.39 Å². The largest absolute Gasteiger partial charge is 0.370 e. The summed E-state index contributed by atoms with van der Waals surface area (Å²) in [6, 6.07) is 3.21. The molecule has 3 N–H and O–H groups in total. The number of ether oxygens (including phenoxy) is 1. The van der Waals surface area contributed by atoms with E-state index in [1.165, 1.54) is 23.5 Å². The lowest BCUT2D eigenvalue weighted by Gasteiger charge is -2.35. The molecule has 4 rings (SSSR count). The van der Waals surface area contributed by atoms with Crippen LogP contribution in [0.25, 0.3) is 0 Å². The van der Waals surface area contributed by atoms with E-state index in [1.807, 2.05) is 4.90 Å². The Morgan fingerprint density at radius 2 is 2.07 bits per heavy atom. The molecular formula is C21H27FN4O4. The van der Waals surface area contributed by atoms with Crippen LogP contribution in [0, 0.1) is 11.7 Å². The van der Waals surface area contributed by atoms with Gasteiger partial charge in [0.25, 0.3) is 11.8 Å². The van der Waals surface area contributed by atoms with E-state index in [1.54, 1.807) is 6.07 Å². The number of amides is 3. The van der Waals surface area contributed by atoms with Crippen LogP contribution in [0.1, 0.15) is 32.1 Å². The Morgan fingerprint density at radius 3 is 2.63 bits per heavy atom. The van der Waals surface area contributed by atoms with Gasteiger partial charge >= 0.3 is 0 Å². The molecule has 1 saturated heterocycles. The highest BCUT2D eigenvalue weighted by Gasteiger charge is 2.42. The van der Waals surface area contributed by atoms with E-state index < -0.39 is 23.7 Å². The van der Waals surface area contributed by atoms with Crippen LogP contribution in [0.5, 0.6) is 0 Å². The summed E-state index contributed by atoms with van der Waals surface area (Å²) in [6.45, 7) is 1.33. The van der Waals surface area contributed by atoms with Crippen LogP contribution in [-0.4, -0.2) is 61.0 Å². The molecule has 3 amide bonds. The topological polar surface area (TPSA) is 105 Å². The quantitative estimate of drug-likeness (QED) is 0.618. The van der Waals surface area contributed by atoms with Crippen molar-refractivity contribution in [1.29, 1.82) is 0 Å². The van der Waals surface area contributed by atoms with Gasteiger partial charge in [0.2, 0.25) is 5.91 Å². The Balaban J connectivity index is 1.48. The SMILES string of the molecule is NC(=O)[C@@H](C(=O)Nc1ccc(N2CCOCC2=O)cc1F)N(CC1CCC1)C1CC1. The number of anilines is 2. The zero-order chi connectivity index (χ0) is 21.3. The van der Waals surface area contributed by atoms with Crippen LogP contribution in [-0.2, 0) is 19.1 Å². The number of carbonyl (C=O) groups is 3. The molecule has 0 bridgehead atoms. The van der Waals surface area contributed by atoms with E-state index in [9.17, 15) is 18.8 Å². The fourth-order valence-electron chi connectivity index (χ4n) is 4.05. The Kier molecular flexibility index (Phi) is 6.01. The molecule has 1 aliphatic heterocycles. The number of carbonyl (C=O) groups excluding carboxylic acids is 3. The number of nitrogens with two attached hydrogens (primary N) is 1. The van der Waals surface area contributed by atoms with Crippen molar-refractivity contribution < 1.29 is 23.5 Å². The van der Waals surface area contributed by atoms with Crippen LogP contribution in [0.4, 0.5) is 15.8 Å². The first-order chi connectivity index (χ1) is 14.4. The summed E-state index contributed by atoms with van der Waals surface area (Å²) < 4.78 is 19.8. The molecule has 2 saturated carbocycles. The van der Waals surface area contributed by atoms with Crippen LogP contribution < -0.4 is 16.0 Å². The van der Waals surface area contributed by atoms with Crippen LogP contribution in [0.2, 0.25) is 0 Å². The predicted molar refractivity (Wildman–Crippen MR) is 108 cm³/mol. The van der Waals surface area contributed by atoms with Gasteiger partial charge < -0.3 is 20.7 Å². The summed E-state index contributed by atoms with van der Waals surface area (Å²) in [5.74, 6) is -1.80. The van der Waals surface area contributed by atoms with Gasteiger partial charge in [-0.3, -0.25) is 19.3 Å². The van der Waals surface area contributed by atoms with E-state index in [0.29, 0.717) is 31.3 Å². The Morgan fingerprint density at radius 1 is 1.30 bits per heavy atom. The summed E-state index contributed by atoms with van der Waals surface area (Å²) in [4.78, 5) is 40.3. The van der Waals surface area contributed by atoms with Gasteiger partial charge in [-0.1, -0.05) is 6.42 Å². The lowest BCUT2D eigenvalue weighted by molar-refractivity contribution is -0.133. The Bertz CT molecular complexity index is 840. The van der Waals surface area contributed by atoms with Gasteiger partial charge in [0.05, 0.1) is 12.3 Å². The highest BCUT2D eigenvalue weighted by molar-refractivity contribution is 6.09. The van der Waals surface area contributed by atoms with Crippen molar-refractivity contribution in [3.05, 3.63) is 24.0 Å². The number of hydrogen-bond acceptors (Lipinski definition) is 5. The number of rotatable bonds is 8. The van der Waals surface area contributed by atoms with Crippen LogP contribution in [0.3, 0.4) is 0 Å². The molecule has 0 spiro atoms. The van der Waals surface area contributed by atoms with Crippen molar-refractivity contribution >= 4 is 29.1 Å². The van der Waals surface area contributed by atoms with E-state index in [2.05, 4.69) is 5.32 Å². The highest BCUT2D eigenvalue weighted by Crippen LogP contribution is 2.34. The number of nitrogens with zero attached hydrogens (tertiary/aromatic N) is 2. The second-order valence-electron chi connectivity index (χ2n) is 8.28. The monoisotopic (exact) mass is 418 g/mol. The third-order valence-electron chi connectivity index (χ3n) is 6.07.